The second kappa shape index (κ2) is 7.77. The first-order chi connectivity index (χ1) is 15.9. The number of aliphatic hydroxyl groups is 1. The predicted octanol–water partition coefficient (Wildman–Crippen LogP) is 3.00. The van der Waals surface area contributed by atoms with Gasteiger partial charge in [-0.3, -0.25) is 4.79 Å². The van der Waals surface area contributed by atoms with E-state index < -0.39 is 23.3 Å². The second-order valence-corrected chi connectivity index (χ2v) is 8.72. The van der Waals surface area contributed by atoms with Gasteiger partial charge in [-0.2, -0.15) is 0 Å². The minimum Gasteiger partial charge on any atom is -0.497 e. The van der Waals surface area contributed by atoms with Crippen molar-refractivity contribution in [1.82, 2.24) is 14.8 Å². The Kier molecular flexibility index (Phi) is 5.01. The third-order valence-electron chi connectivity index (χ3n) is 6.73. The van der Waals surface area contributed by atoms with Gasteiger partial charge in [-0.1, -0.05) is 12.1 Å². The molecule has 2 aliphatic heterocycles. The number of methoxy groups -OCH3 is 1. The molecule has 0 aliphatic carbocycles. The number of urea groups is 1. The van der Waals surface area contributed by atoms with Gasteiger partial charge in [-0.25, -0.2) is 9.18 Å². The average Bonchev–Trinajstić information content (AvgIpc) is 3.16. The quantitative estimate of drug-likeness (QED) is 0.569. The monoisotopic (exact) mass is 452 g/mol. The van der Waals surface area contributed by atoms with E-state index in [0.717, 1.165) is 22.2 Å². The molecule has 2 aliphatic rings. The molecule has 1 aromatic heterocycles. The minimum absolute atomic E-state index is 0.0321. The van der Waals surface area contributed by atoms with Crippen LogP contribution < -0.4 is 10.1 Å². The number of carbonyl (C=O) groups excluding carboxylic acids is 2. The molecule has 3 N–H and O–H groups in total. The van der Waals surface area contributed by atoms with Gasteiger partial charge in [0.25, 0.3) is 0 Å². The molecular weight excluding hydrogens is 427 g/mol. The van der Waals surface area contributed by atoms with Crippen LogP contribution in [0.1, 0.15) is 24.2 Å². The summed E-state index contributed by atoms with van der Waals surface area (Å²) in [5, 5.41) is 13.9. The van der Waals surface area contributed by atoms with Crippen molar-refractivity contribution < 1.29 is 23.8 Å². The van der Waals surface area contributed by atoms with Gasteiger partial charge in [0.05, 0.1) is 30.9 Å². The number of hydrogen-bond acceptors (Lipinski definition) is 4. The highest BCUT2D eigenvalue weighted by Crippen LogP contribution is 2.48. The highest BCUT2D eigenvalue weighted by molar-refractivity contribution is 5.93. The van der Waals surface area contributed by atoms with Crippen LogP contribution in [-0.2, 0) is 10.2 Å². The molecule has 0 unspecified atom stereocenters. The summed E-state index contributed by atoms with van der Waals surface area (Å²) in [7, 11) is 1.59. The largest absolute Gasteiger partial charge is 0.497 e. The summed E-state index contributed by atoms with van der Waals surface area (Å²) in [6, 6.07) is 10.5. The highest BCUT2D eigenvalue weighted by Gasteiger charge is 2.54. The van der Waals surface area contributed by atoms with Crippen molar-refractivity contribution in [3.63, 3.8) is 0 Å². The Labute approximate surface area is 189 Å². The Bertz CT molecular complexity index is 1250. The van der Waals surface area contributed by atoms with Crippen LogP contribution >= 0.6 is 0 Å². The average molecular weight is 452 g/mol. The molecule has 9 heteroatoms. The molecule has 1 saturated heterocycles. The van der Waals surface area contributed by atoms with E-state index in [2.05, 4.69) is 10.3 Å². The molecule has 3 amide bonds. The number of aliphatic hydroxyl groups excluding tert-OH is 1. The number of nitrogens with one attached hydrogen (secondary N) is 2. The second-order valence-electron chi connectivity index (χ2n) is 8.72. The summed E-state index contributed by atoms with van der Waals surface area (Å²) >= 11 is 0. The first kappa shape index (κ1) is 21.3. The lowest BCUT2D eigenvalue weighted by atomic mass is 9.68. The van der Waals surface area contributed by atoms with Crippen LogP contribution in [0.3, 0.4) is 0 Å². The number of aromatic nitrogens is 1. The lowest BCUT2D eigenvalue weighted by Crippen LogP contribution is -2.68. The number of carbonyl (C=O) groups is 2. The number of H-pyrrole nitrogens is 1. The van der Waals surface area contributed by atoms with Crippen LogP contribution in [0.5, 0.6) is 5.75 Å². The molecule has 1 atom stereocenters. The zero-order valence-corrected chi connectivity index (χ0v) is 18.4. The third kappa shape index (κ3) is 3.31. The number of nitrogens with zero attached hydrogens (tertiary/aromatic N) is 2. The van der Waals surface area contributed by atoms with Gasteiger partial charge >= 0.3 is 6.03 Å². The summed E-state index contributed by atoms with van der Waals surface area (Å²) in [4.78, 5) is 31.9. The Morgan fingerprint density at radius 3 is 2.67 bits per heavy atom. The van der Waals surface area contributed by atoms with Gasteiger partial charge in [-0.05, 0) is 29.8 Å². The summed E-state index contributed by atoms with van der Waals surface area (Å²) in [5.41, 5.74) is 2.13. The van der Waals surface area contributed by atoms with Crippen LogP contribution in [0, 0.1) is 5.82 Å². The predicted molar refractivity (Wildman–Crippen MR) is 121 cm³/mol. The van der Waals surface area contributed by atoms with Crippen molar-refractivity contribution in [1.29, 1.82) is 0 Å². The fourth-order valence-corrected chi connectivity index (χ4v) is 5.13. The third-order valence-corrected chi connectivity index (χ3v) is 6.73. The molecule has 3 aromatic rings. The lowest BCUT2D eigenvalue weighted by Gasteiger charge is -2.55. The van der Waals surface area contributed by atoms with Crippen LogP contribution in [0.2, 0.25) is 0 Å². The molecule has 1 spiro atoms. The van der Waals surface area contributed by atoms with E-state index >= 15 is 0 Å². The van der Waals surface area contributed by atoms with Crippen molar-refractivity contribution in [2.24, 2.45) is 0 Å². The fourth-order valence-electron chi connectivity index (χ4n) is 5.13. The molecule has 0 bridgehead atoms. The van der Waals surface area contributed by atoms with Crippen molar-refractivity contribution in [3.8, 4) is 5.75 Å². The molecular formula is C24H25FN4O4. The molecule has 33 heavy (non-hydrogen) atoms. The van der Waals surface area contributed by atoms with Crippen LogP contribution in [0.4, 0.5) is 14.9 Å². The van der Waals surface area contributed by atoms with Gasteiger partial charge in [0, 0.05) is 49.2 Å². The van der Waals surface area contributed by atoms with Crippen molar-refractivity contribution in [2.75, 3.05) is 38.7 Å². The number of benzene rings is 2. The van der Waals surface area contributed by atoms with E-state index in [1.807, 2.05) is 18.2 Å². The van der Waals surface area contributed by atoms with Crippen molar-refractivity contribution in [3.05, 3.63) is 59.5 Å². The van der Waals surface area contributed by atoms with Crippen LogP contribution in [-0.4, -0.2) is 65.2 Å². The molecule has 5 rings (SSSR count). The maximum atomic E-state index is 14.2. The number of amides is 3. The van der Waals surface area contributed by atoms with Gasteiger partial charge in [0.15, 0.2) is 0 Å². The molecule has 0 saturated carbocycles. The number of aromatic amines is 1. The lowest BCUT2D eigenvalue weighted by molar-refractivity contribution is -0.137. The number of fused-ring (bicyclic) bond motifs is 4. The Balaban J connectivity index is 1.59. The normalized spacial score (nSPS) is 18.7. The van der Waals surface area contributed by atoms with E-state index in [1.54, 1.807) is 24.1 Å². The molecule has 3 heterocycles. The van der Waals surface area contributed by atoms with Gasteiger partial charge in [-0.15, -0.1) is 0 Å². The number of para-hydroxylation sites is 1. The Morgan fingerprint density at radius 1 is 1.24 bits per heavy atom. The van der Waals surface area contributed by atoms with Gasteiger partial charge in [0.1, 0.15) is 11.6 Å². The Morgan fingerprint density at radius 2 is 2.00 bits per heavy atom. The van der Waals surface area contributed by atoms with E-state index in [4.69, 9.17) is 4.74 Å². The Hall–Kier alpha value is -3.59. The van der Waals surface area contributed by atoms with Gasteiger partial charge in [0.2, 0.25) is 5.91 Å². The summed E-state index contributed by atoms with van der Waals surface area (Å²) < 4.78 is 19.5. The zero-order valence-electron chi connectivity index (χ0n) is 18.4. The minimum atomic E-state index is -0.651. The fraction of sp³-hybridized carbons (Fsp3) is 0.333. The van der Waals surface area contributed by atoms with E-state index in [0.29, 0.717) is 18.8 Å². The molecule has 172 valence electrons. The van der Waals surface area contributed by atoms with Crippen molar-refractivity contribution in [2.45, 2.75) is 18.4 Å². The van der Waals surface area contributed by atoms with E-state index in [-0.39, 0.29) is 24.7 Å². The maximum absolute atomic E-state index is 14.2. The number of likely N-dealkylation sites (tertiary alicyclic amines) is 1. The number of rotatable bonds is 3. The number of anilines is 1. The number of hydrogen-bond donors (Lipinski definition) is 3. The topological polar surface area (TPSA) is 97.9 Å². The van der Waals surface area contributed by atoms with Gasteiger partial charge < -0.3 is 29.9 Å². The smallest absolute Gasteiger partial charge is 0.322 e. The number of halogens is 1. The molecule has 8 nitrogen and oxygen atoms in total. The van der Waals surface area contributed by atoms with Crippen LogP contribution in [0.25, 0.3) is 10.9 Å². The first-order valence-electron chi connectivity index (χ1n) is 10.8. The highest BCUT2D eigenvalue weighted by atomic mass is 19.1. The van der Waals surface area contributed by atoms with E-state index in [9.17, 15) is 19.1 Å². The maximum Gasteiger partial charge on any atom is 0.322 e. The standard InChI is InChI=1S/C24H25FN4O4/c1-14(31)28-11-24(12-28)13-29(23(32)27-18-6-4-3-5-17(18)25)20(10-30)22-21(24)16-8-7-15(33-2)9-19(16)26-22/h3-9,20,26,30H,10-13H2,1-2H3,(H,27,32)/t20-/m0/s1. The van der Waals surface area contributed by atoms with E-state index in [1.165, 1.54) is 24.0 Å². The molecule has 1 fully saturated rings. The first-order valence-corrected chi connectivity index (χ1v) is 10.8. The zero-order chi connectivity index (χ0) is 23.3. The summed E-state index contributed by atoms with van der Waals surface area (Å²) in [6.07, 6.45) is 0. The SMILES string of the molecule is COc1ccc2c3c([nH]c2c1)[C@H](CO)N(C(=O)Nc1ccccc1F)CC31CN(C(C)=O)C1. The molecule has 2 aromatic carbocycles. The van der Waals surface area contributed by atoms with Crippen molar-refractivity contribution >= 4 is 28.5 Å². The molecule has 0 radical (unpaired) electrons. The number of ether oxygens (including phenoxy) is 1. The summed E-state index contributed by atoms with van der Waals surface area (Å²) in [6.45, 7) is 2.41. The summed E-state index contributed by atoms with van der Waals surface area (Å²) in [5.74, 6) is 0.113. The van der Waals surface area contributed by atoms with Crippen LogP contribution in [0.15, 0.2) is 42.5 Å².